The molecule has 0 aliphatic carbocycles. The Labute approximate surface area is 104 Å². The van der Waals surface area contributed by atoms with Crippen LogP contribution in [-0.4, -0.2) is 0 Å². The van der Waals surface area contributed by atoms with Crippen molar-refractivity contribution < 1.29 is 25.8 Å². The molecule has 2 rings (SSSR count). The predicted octanol–water partition coefficient (Wildman–Crippen LogP) is 3.99. The molecule has 0 radical (unpaired) electrons. The van der Waals surface area contributed by atoms with E-state index in [0.717, 1.165) is 0 Å². The molecule has 0 bridgehead atoms. The van der Waals surface area contributed by atoms with Crippen molar-refractivity contribution in [3.8, 4) is 0 Å². The summed E-state index contributed by atoms with van der Waals surface area (Å²) in [7, 11) is 0. The second-order valence-electron chi connectivity index (χ2n) is 4.04. The van der Waals surface area contributed by atoms with Gasteiger partial charge in [-0.3, -0.25) is 0 Å². The summed E-state index contributed by atoms with van der Waals surface area (Å²) in [6, 6.07) is 11.1. The van der Waals surface area contributed by atoms with E-state index in [1.807, 2.05) is 0 Å². The van der Waals surface area contributed by atoms with Crippen LogP contribution in [0.3, 0.4) is 0 Å². The van der Waals surface area contributed by atoms with E-state index >= 15 is 0 Å². The van der Waals surface area contributed by atoms with Gasteiger partial charge >= 0.3 is 0 Å². The Balaban J connectivity index is 0.000000980. The zero-order chi connectivity index (χ0) is 9.42. The first-order chi connectivity index (χ1) is 6.18. The fourth-order valence-corrected chi connectivity index (χ4v) is 1.91. The molecule has 2 aromatic carbocycles. The number of fused-ring (bicyclic) bond motifs is 1. The minimum Gasteiger partial charge on any atom is -0.165 e. The summed E-state index contributed by atoms with van der Waals surface area (Å²) in [4.78, 5) is 0. The molecule has 72 valence electrons. The number of hydrogen-bond acceptors (Lipinski definition) is 0. The van der Waals surface area contributed by atoms with Crippen molar-refractivity contribution >= 4 is 10.8 Å². The average Bonchev–Trinajstić information content (AvgIpc) is 2.43. The van der Waals surface area contributed by atoms with Gasteiger partial charge in [-0.2, -0.15) is 6.07 Å². The van der Waals surface area contributed by atoms with Gasteiger partial charge in [-0.1, -0.05) is 32.4 Å². The molecule has 14 heavy (non-hydrogen) atoms. The van der Waals surface area contributed by atoms with Crippen molar-refractivity contribution in [3.05, 3.63) is 41.5 Å². The SMILES string of the molecule is Cc1cc2c(C(C)C)cccc2[cH-]1.[Hf]. The first-order valence-electron chi connectivity index (χ1n) is 4.84. The number of aryl methyl sites for hydroxylation is 1. The maximum atomic E-state index is 2.28. The number of benzene rings is 1. The second-order valence-corrected chi connectivity index (χ2v) is 4.04. The van der Waals surface area contributed by atoms with E-state index in [9.17, 15) is 0 Å². The summed E-state index contributed by atoms with van der Waals surface area (Å²) < 4.78 is 0. The maximum absolute atomic E-state index is 2.28. The number of rotatable bonds is 1. The van der Waals surface area contributed by atoms with Crippen LogP contribution in [0.25, 0.3) is 10.8 Å². The molecule has 0 saturated carbocycles. The first kappa shape index (κ1) is 11.8. The first-order valence-corrected chi connectivity index (χ1v) is 4.84. The van der Waals surface area contributed by atoms with E-state index in [0.29, 0.717) is 5.92 Å². The van der Waals surface area contributed by atoms with Crippen molar-refractivity contribution in [1.82, 2.24) is 0 Å². The van der Waals surface area contributed by atoms with Crippen LogP contribution in [-0.2, 0) is 25.8 Å². The van der Waals surface area contributed by atoms with Gasteiger partial charge in [0.1, 0.15) is 0 Å². The van der Waals surface area contributed by atoms with Crippen LogP contribution >= 0.6 is 0 Å². The van der Waals surface area contributed by atoms with E-state index in [-0.39, 0.29) is 25.8 Å². The van der Waals surface area contributed by atoms with Crippen molar-refractivity contribution in [3.63, 3.8) is 0 Å². The Kier molecular flexibility index (Phi) is 3.77. The van der Waals surface area contributed by atoms with E-state index in [1.54, 1.807) is 0 Å². The second kappa shape index (κ2) is 4.48. The van der Waals surface area contributed by atoms with Crippen molar-refractivity contribution in [2.45, 2.75) is 26.7 Å². The average molecular weight is 350 g/mol. The van der Waals surface area contributed by atoms with Crippen LogP contribution in [0.1, 0.15) is 30.9 Å². The van der Waals surface area contributed by atoms with Crippen molar-refractivity contribution in [2.75, 3.05) is 0 Å². The Morgan fingerprint density at radius 1 is 1.21 bits per heavy atom. The van der Waals surface area contributed by atoms with Crippen LogP contribution in [0.5, 0.6) is 0 Å². The fraction of sp³-hybridized carbons (Fsp3) is 0.308. The zero-order valence-electron chi connectivity index (χ0n) is 8.96. The molecule has 1 heteroatoms. The molecule has 0 aliphatic rings. The molecule has 0 N–H and O–H groups in total. The Morgan fingerprint density at radius 2 is 1.93 bits per heavy atom. The summed E-state index contributed by atoms with van der Waals surface area (Å²) in [6.07, 6.45) is 0. The summed E-state index contributed by atoms with van der Waals surface area (Å²) in [6.45, 7) is 6.65. The summed E-state index contributed by atoms with van der Waals surface area (Å²) in [5.41, 5.74) is 2.83. The molecule has 0 aromatic heterocycles. The predicted molar refractivity (Wildman–Crippen MR) is 58.4 cm³/mol. The van der Waals surface area contributed by atoms with Gasteiger partial charge in [-0.15, -0.1) is 34.5 Å². The van der Waals surface area contributed by atoms with Gasteiger partial charge in [-0.05, 0) is 5.92 Å². The van der Waals surface area contributed by atoms with Gasteiger partial charge < -0.3 is 0 Å². The molecule has 0 fully saturated rings. The smallest absolute Gasteiger partial charge is 0 e. The third kappa shape index (κ3) is 2.03. The summed E-state index contributed by atoms with van der Waals surface area (Å²) >= 11 is 0. The molecular weight excluding hydrogens is 335 g/mol. The van der Waals surface area contributed by atoms with E-state index in [2.05, 4.69) is 51.1 Å². The van der Waals surface area contributed by atoms with Crippen LogP contribution in [0.2, 0.25) is 0 Å². The molecule has 0 aliphatic heterocycles. The fourth-order valence-electron chi connectivity index (χ4n) is 1.91. The summed E-state index contributed by atoms with van der Waals surface area (Å²) in [5.74, 6) is 0.616. The molecule has 0 amide bonds. The van der Waals surface area contributed by atoms with E-state index < -0.39 is 0 Å². The minimum atomic E-state index is 0. The van der Waals surface area contributed by atoms with Crippen LogP contribution in [0.4, 0.5) is 0 Å². The summed E-state index contributed by atoms with van der Waals surface area (Å²) in [5, 5.41) is 2.80. The third-order valence-corrected chi connectivity index (χ3v) is 2.55. The molecular formula is C13H15Hf-. The van der Waals surface area contributed by atoms with Crippen molar-refractivity contribution in [2.24, 2.45) is 0 Å². The van der Waals surface area contributed by atoms with Crippen LogP contribution in [0.15, 0.2) is 30.3 Å². The molecule has 0 nitrogen and oxygen atoms in total. The normalized spacial score (nSPS) is 10.6. The van der Waals surface area contributed by atoms with Gasteiger partial charge in [0, 0.05) is 25.8 Å². The standard InChI is InChI=1S/C13H15.Hf/c1-9(2)12-6-4-5-11-7-10(3)8-13(11)12;/h4-9H,1-3H3;/q-1;. The van der Waals surface area contributed by atoms with Gasteiger partial charge in [0.2, 0.25) is 0 Å². The van der Waals surface area contributed by atoms with Gasteiger partial charge in [-0.25, -0.2) is 0 Å². The molecule has 0 atom stereocenters. The minimum absolute atomic E-state index is 0. The maximum Gasteiger partial charge on any atom is 0 e. The number of hydrogen-bond donors (Lipinski definition) is 0. The van der Waals surface area contributed by atoms with Gasteiger partial charge in [0.25, 0.3) is 0 Å². The van der Waals surface area contributed by atoms with Crippen LogP contribution < -0.4 is 0 Å². The van der Waals surface area contributed by atoms with Crippen molar-refractivity contribution in [1.29, 1.82) is 0 Å². The van der Waals surface area contributed by atoms with Gasteiger partial charge in [0.05, 0.1) is 0 Å². The monoisotopic (exact) mass is 351 g/mol. The van der Waals surface area contributed by atoms with E-state index in [1.165, 1.54) is 21.9 Å². The zero-order valence-corrected chi connectivity index (χ0v) is 12.6. The van der Waals surface area contributed by atoms with E-state index in [4.69, 9.17) is 0 Å². The Morgan fingerprint density at radius 3 is 2.57 bits per heavy atom. The Bertz CT molecular complexity index is 424. The molecule has 0 unspecified atom stereocenters. The molecule has 0 spiro atoms. The Hall–Kier alpha value is -0.300. The van der Waals surface area contributed by atoms with Gasteiger partial charge in [0.15, 0.2) is 0 Å². The third-order valence-electron chi connectivity index (χ3n) is 2.55. The largest absolute Gasteiger partial charge is 0.165 e. The molecule has 0 saturated heterocycles. The molecule has 2 aromatic rings. The quantitative estimate of drug-likeness (QED) is 0.539. The molecule has 0 heterocycles. The van der Waals surface area contributed by atoms with Crippen LogP contribution in [0, 0.1) is 6.92 Å². The topological polar surface area (TPSA) is 0 Å².